The molecule has 0 aliphatic heterocycles. The van der Waals surface area contributed by atoms with Crippen LogP contribution in [0.3, 0.4) is 0 Å². The Bertz CT molecular complexity index is 894. The van der Waals surface area contributed by atoms with E-state index in [1.807, 2.05) is 39.0 Å². The molecule has 28 heavy (non-hydrogen) atoms. The smallest absolute Gasteiger partial charge is 0.355 e. The monoisotopic (exact) mass is 386 g/mol. The van der Waals surface area contributed by atoms with Crippen molar-refractivity contribution in [2.24, 2.45) is 0 Å². The molecule has 7 heteroatoms. The molecule has 0 spiro atoms. The first kappa shape index (κ1) is 21.2. The fourth-order valence-corrected chi connectivity index (χ4v) is 3.02. The fourth-order valence-electron chi connectivity index (χ4n) is 3.02. The lowest BCUT2D eigenvalue weighted by molar-refractivity contribution is -0.123. The highest BCUT2D eigenvalue weighted by Gasteiger charge is 2.27. The second-order valence-electron chi connectivity index (χ2n) is 6.63. The standard InChI is InChI=1S/C21H26N2O5/c1-7-15-16(20(25)27-6)13(4)18(22-15)21(26)28-14(5)19(24)23-17-11(2)9-8-10-12(17)3/h8-10,14,22H,7H2,1-6H3,(H,23,24). The van der Waals surface area contributed by atoms with Gasteiger partial charge in [-0.3, -0.25) is 4.79 Å². The van der Waals surface area contributed by atoms with Crippen molar-refractivity contribution in [1.29, 1.82) is 0 Å². The van der Waals surface area contributed by atoms with E-state index in [1.54, 1.807) is 6.92 Å². The Morgan fingerprint density at radius 2 is 1.71 bits per heavy atom. The lowest BCUT2D eigenvalue weighted by Gasteiger charge is -2.16. The molecule has 1 unspecified atom stereocenters. The van der Waals surface area contributed by atoms with E-state index >= 15 is 0 Å². The maximum absolute atomic E-state index is 12.6. The van der Waals surface area contributed by atoms with Crippen LogP contribution >= 0.6 is 0 Å². The van der Waals surface area contributed by atoms with Gasteiger partial charge in [0.1, 0.15) is 5.69 Å². The van der Waals surface area contributed by atoms with Crippen molar-refractivity contribution in [2.75, 3.05) is 12.4 Å². The van der Waals surface area contributed by atoms with Crippen LogP contribution < -0.4 is 5.32 Å². The minimum absolute atomic E-state index is 0.143. The van der Waals surface area contributed by atoms with Crippen molar-refractivity contribution >= 4 is 23.5 Å². The number of methoxy groups -OCH3 is 1. The van der Waals surface area contributed by atoms with Crippen molar-refractivity contribution in [2.45, 2.75) is 47.1 Å². The van der Waals surface area contributed by atoms with E-state index < -0.39 is 23.9 Å². The first-order valence-electron chi connectivity index (χ1n) is 9.09. The van der Waals surface area contributed by atoms with Crippen molar-refractivity contribution in [1.82, 2.24) is 4.98 Å². The molecule has 2 aromatic rings. The van der Waals surface area contributed by atoms with Crippen molar-refractivity contribution in [3.63, 3.8) is 0 Å². The number of para-hydroxylation sites is 1. The molecule has 1 aromatic heterocycles. The van der Waals surface area contributed by atoms with Crippen molar-refractivity contribution in [3.05, 3.63) is 51.8 Å². The summed E-state index contributed by atoms with van der Waals surface area (Å²) in [6, 6.07) is 5.69. The van der Waals surface area contributed by atoms with E-state index in [1.165, 1.54) is 14.0 Å². The molecule has 150 valence electrons. The molecule has 2 rings (SSSR count). The van der Waals surface area contributed by atoms with Crippen LogP contribution in [0.2, 0.25) is 0 Å². The number of nitrogens with one attached hydrogen (secondary N) is 2. The Balaban J connectivity index is 2.17. The summed E-state index contributed by atoms with van der Waals surface area (Å²) in [7, 11) is 1.28. The number of carbonyl (C=O) groups excluding carboxylic acids is 3. The van der Waals surface area contributed by atoms with Gasteiger partial charge in [0, 0.05) is 11.4 Å². The van der Waals surface area contributed by atoms with Crippen LogP contribution in [0.25, 0.3) is 0 Å². The summed E-state index contributed by atoms with van der Waals surface area (Å²) in [6.45, 7) is 8.78. The van der Waals surface area contributed by atoms with Gasteiger partial charge in [-0.05, 0) is 50.8 Å². The number of aromatic nitrogens is 1. The number of benzene rings is 1. The second-order valence-corrected chi connectivity index (χ2v) is 6.63. The van der Waals surface area contributed by atoms with Crippen LogP contribution in [0.4, 0.5) is 5.69 Å². The highest BCUT2D eigenvalue weighted by molar-refractivity contribution is 6.01. The molecule has 1 heterocycles. The molecule has 7 nitrogen and oxygen atoms in total. The molecule has 0 aliphatic carbocycles. The Labute approximate surface area is 164 Å². The summed E-state index contributed by atoms with van der Waals surface area (Å²) in [4.78, 5) is 40.0. The van der Waals surface area contributed by atoms with E-state index in [0.29, 0.717) is 28.9 Å². The van der Waals surface area contributed by atoms with E-state index in [4.69, 9.17) is 9.47 Å². The van der Waals surface area contributed by atoms with Gasteiger partial charge in [-0.15, -0.1) is 0 Å². The van der Waals surface area contributed by atoms with Crippen LogP contribution in [0.5, 0.6) is 0 Å². The number of ether oxygens (including phenoxy) is 2. The molecule has 0 radical (unpaired) electrons. The maximum Gasteiger partial charge on any atom is 0.355 e. The number of carbonyl (C=O) groups is 3. The minimum atomic E-state index is -1.01. The molecule has 1 atom stereocenters. The molecular weight excluding hydrogens is 360 g/mol. The largest absolute Gasteiger partial charge is 0.465 e. The Hall–Kier alpha value is -3.09. The van der Waals surface area contributed by atoms with Gasteiger partial charge in [0.25, 0.3) is 5.91 Å². The lowest BCUT2D eigenvalue weighted by atomic mass is 10.1. The highest BCUT2D eigenvalue weighted by Crippen LogP contribution is 2.22. The topological polar surface area (TPSA) is 97.5 Å². The molecule has 0 aliphatic rings. The average Bonchev–Trinajstić information content (AvgIpc) is 3.00. The zero-order valence-corrected chi connectivity index (χ0v) is 17.1. The zero-order chi connectivity index (χ0) is 21.0. The van der Waals surface area contributed by atoms with Crippen LogP contribution in [0.15, 0.2) is 18.2 Å². The molecule has 0 saturated carbocycles. The number of hydrogen-bond acceptors (Lipinski definition) is 5. The third kappa shape index (κ3) is 4.24. The molecule has 1 aromatic carbocycles. The number of amides is 1. The van der Waals surface area contributed by atoms with Crippen molar-refractivity contribution < 1.29 is 23.9 Å². The second kappa shape index (κ2) is 8.73. The number of rotatable bonds is 6. The summed E-state index contributed by atoms with van der Waals surface area (Å²) >= 11 is 0. The summed E-state index contributed by atoms with van der Waals surface area (Å²) in [6.07, 6.45) is -0.498. The van der Waals surface area contributed by atoms with E-state index in [-0.39, 0.29) is 5.69 Å². The van der Waals surface area contributed by atoms with E-state index in [2.05, 4.69) is 10.3 Å². The number of anilines is 1. The fraction of sp³-hybridized carbons (Fsp3) is 0.381. The quantitative estimate of drug-likeness (QED) is 0.741. The van der Waals surface area contributed by atoms with Crippen LogP contribution in [0.1, 0.15) is 57.1 Å². The molecule has 1 amide bonds. The van der Waals surface area contributed by atoms with Gasteiger partial charge in [0.2, 0.25) is 0 Å². The summed E-state index contributed by atoms with van der Waals surface area (Å²) < 4.78 is 10.1. The predicted octanol–water partition coefficient (Wildman–Crippen LogP) is 3.47. The number of aromatic amines is 1. The predicted molar refractivity (Wildman–Crippen MR) is 106 cm³/mol. The number of hydrogen-bond donors (Lipinski definition) is 2. The average molecular weight is 386 g/mol. The number of aryl methyl sites for hydroxylation is 3. The zero-order valence-electron chi connectivity index (χ0n) is 17.1. The highest BCUT2D eigenvalue weighted by atomic mass is 16.5. The van der Waals surface area contributed by atoms with E-state index in [0.717, 1.165) is 11.1 Å². The van der Waals surface area contributed by atoms with Gasteiger partial charge in [-0.2, -0.15) is 0 Å². The summed E-state index contributed by atoms with van der Waals surface area (Å²) in [5, 5.41) is 2.80. The minimum Gasteiger partial charge on any atom is -0.465 e. The maximum atomic E-state index is 12.6. The van der Waals surface area contributed by atoms with E-state index in [9.17, 15) is 14.4 Å². The van der Waals surface area contributed by atoms with Crippen LogP contribution in [-0.4, -0.2) is 36.0 Å². The normalized spacial score (nSPS) is 11.6. The van der Waals surface area contributed by atoms with Gasteiger partial charge >= 0.3 is 11.9 Å². The van der Waals surface area contributed by atoms with Crippen LogP contribution in [-0.2, 0) is 20.7 Å². The Morgan fingerprint density at radius 1 is 1.11 bits per heavy atom. The van der Waals surface area contributed by atoms with Gasteiger partial charge < -0.3 is 19.8 Å². The van der Waals surface area contributed by atoms with Crippen molar-refractivity contribution in [3.8, 4) is 0 Å². The van der Waals surface area contributed by atoms with Gasteiger partial charge in [-0.25, -0.2) is 9.59 Å². The molecule has 2 N–H and O–H groups in total. The number of esters is 2. The SMILES string of the molecule is CCc1[nH]c(C(=O)OC(C)C(=O)Nc2c(C)cccc2C)c(C)c1C(=O)OC. The summed E-state index contributed by atoms with van der Waals surface area (Å²) in [5.41, 5.74) is 4.03. The third-order valence-corrected chi connectivity index (χ3v) is 4.66. The molecule has 0 fully saturated rings. The number of H-pyrrole nitrogens is 1. The summed E-state index contributed by atoms with van der Waals surface area (Å²) in [5.74, 6) is -1.66. The Morgan fingerprint density at radius 3 is 2.25 bits per heavy atom. The first-order chi connectivity index (χ1) is 13.2. The van der Waals surface area contributed by atoms with Gasteiger partial charge in [-0.1, -0.05) is 25.1 Å². The lowest BCUT2D eigenvalue weighted by Crippen LogP contribution is -2.30. The first-order valence-corrected chi connectivity index (χ1v) is 9.09. The van der Waals surface area contributed by atoms with Crippen LogP contribution in [0, 0.1) is 20.8 Å². The third-order valence-electron chi connectivity index (χ3n) is 4.66. The van der Waals surface area contributed by atoms with Gasteiger partial charge in [0.15, 0.2) is 6.10 Å². The molecule has 0 bridgehead atoms. The molecule has 0 saturated heterocycles. The Kier molecular flexibility index (Phi) is 6.62. The molecular formula is C21H26N2O5. The van der Waals surface area contributed by atoms with Gasteiger partial charge in [0.05, 0.1) is 12.7 Å².